The van der Waals surface area contributed by atoms with Crippen molar-refractivity contribution in [2.45, 2.75) is 19.4 Å². The van der Waals surface area contributed by atoms with Crippen molar-refractivity contribution in [1.29, 1.82) is 0 Å². The molecular weight excluding hydrogens is 292 g/mol. The highest BCUT2D eigenvalue weighted by molar-refractivity contribution is 6.29. The van der Waals surface area contributed by atoms with Crippen LogP contribution in [-0.4, -0.2) is 24.6 Å². The van der Waals surface area contributed by atoms with E-state index >= 15 is 0 Å². The lowest BCUT2D eigenvalue weighted by atomic mass is 10.2. The minimum absolute atomic E-state index is 0.254. The first kappa shape index (κ1) is 15.5. The van der Waals surface area contributed by atoms with E-state index in [9.17, 15) is 4.79 Å². The third-order valence-electron chi connectivity index (χ3n) is 3.00. The van der Waals surface area contributed by atoms with Crippen LogP contribution in [0.5, 0.6) is 0 Å². The Morgan fingerprint density at radius 2 is 2.24 bits per heavy atom. The molecule has 1 N–H and O–H groups in total. The first-order valence-electron chi connectivity index (χ1n) is 6.64. The number of pyridine rings is 1. The average Bonchev–Trinajstić information content (AvgIpc) is 2.96. The van der Waals surface area contributed by atoms with Crippen LogP contribution >= 0.6 is 11.6 Å². The zero-order valence-corrected chi connectivity index (χ0v) is 12.7. The second-order valence-corrected chi connectivity index (χ2v) is 4.90. The van der Waals surface area contributed by atoms with Gasteiger partial charge in [0.15, 0.2) is 0 Å². The lowest BCUT2D eigenvalue weighted by Crippen LogP contribution is -2.31. The molecule has 6 heteroatoms. The Kier molecular flexibility index (Phi) is 5.36. The molecular formula is C15H17ClN2O3. The van der Waals surface area contributed by atoms with Crippen LogP contribution in [-0.2, 0) is 11.2 Å². The second kappa shape index (κ2) is 7.24. The van der Waals surface area contributed by atoms with Gasteiger partial charge in [-0.3, -0.25) is 4.79 Å². The summed E-state index contributed by atoms with van der Waals surface area (Å²) in [5, 5.41) is 3.21. The molecule has 0 radical (unpaired) electrons. The van der Waals surface area contributed by atoms with Gasteiger partial charge in [-0.1, -0.05) is 18.5 Å². The van der Waals surface area contributed by atoms with Crippen LogP contribution in [0.3, 0.4) is 0 Å². The van der Waals surface area contributed by atoms with E-state index in [2.05, 4.69) is 10.3 Å². The van der Waals surface area contributed by atoms with Gasteiger partial charge in [0.05, 0.1) is 12.2 Å². The summed E-state index contributed by atoms with van der Waals surface area (Å²) in [6.45, 7) is 2.33. The molecule has 2 heterocycles. The fourth-order valence-electron chi connectivity index (χ4n) is 1.89. The Labute approximate surface area is 128 Å². The fraction of sp³-hybridized carbons (Fsp3) is 0.333. The van der Waals surface area contributed by atoms with E-state index in [0.29, 0.717) is 23.1 Å². The van der Waals surface area contributed by atoms with Crippen molar-refractivity contribution in [3.8, 4) is 0 Å². The number of halogens is 1. The summed E-state index contributed by atoms with van der Waals surface area (Å²) >= 11 is 5.71. The highest BCUT2D eigenvalue weighted by Crippen LogP contribution is 2.18. The third-order valence-corrected chi connectivity index (χ3v) is 3.23. The van der Waals surface area contributed by atoms with Gasteiger partial charge in [-0.25, -0.2) is 4.98 Å². The Hall–Kier alpha value is -1.85. The number of methoxy groups -OCH3 is 1. The highest BCUT2D eigenvalue weighted by atomic mass is 35.5. The minimum Gasteiger partial charge on any atom is -0.464 e. The van der Waals surface area contributed by atoms with Crippen molar-refractivity contribution < 1.29 is 13.9 Å². The van der Waals surface area contributed by atoms with E-state index in [1.807, 2.05) is 19.1 Å². The number of amides is 1. The smallest absolute Gasteiger partial charge is 0.253 e. The Bertz CT molecular complexity index is 595. The van der Waals surface area contributed by atoms with E-state index < -0.39 is 0 Å². The van der Waals surface area contributed by atoms with Gasteiger partial charge in [0.2, 0.25) is 0 Å². The summed E-state index contributed by atoms with van der Waals surface area (Å²) < 4.78 is 10.8. The highest BCUT2D eigenvalue weighted by Gasteiger charge is 2.19. The van der Waals surface area contributed by atoms with Crippen LogP contribution in [0.15, 0.2) is 34.9 Å². The number of carbonyl (C=O) groups excluding carboxylic acids is 1. The number of hydrogen-bond acceptors (Lipinski definition) is 4. The molecule has 0 saturated carbocycles. The molecule has 0 saturated heterocycles. The molecule has 0 aliphatic carbocycles. The maximum absolute atomic E-state index is 12.2. The van der Waals surface area contributed by atoms with Crippen LogP contribution in [0.25, 0.3) is 0 Å². The number of aryl methyl sites for hydroxylation is 1. The zero-order chi connectivity index (χ0) is 15.2. The van der Waals surface area contributed by atoms with Crippen molar-refractivity contribution in [3.05, 3.63) is 52.7 Å². The van der Waals surface area contributed by atoms with Crippen molar-refractivity contribution in [3.63, 3.8) is 0 Å². The minimum atomic E-state index is -0.349. The topological polar surface area (TPSA) is 64.4 Å². The van der Waals surface area contributed by atoms with E-state index in [4.69, 9.17) is 20.8 Å². The van der Waals surface area contributed by atoms with Crippen molar-refractivity contribution >= 4 is 17.5 Å². The van der Waals surface area contributed by atoms with Crippen LogP contribution in [0.2, 0.25) is 5.15 Å². The Balaban J connectivity index is 2.11. The van der Waals surface area contributed by atoms with Gasteiger partial charge in [-0.15, -0.1) is 0 Å². The summed E-state index contributed by atoms with van der Waals surface area (Å²) in [5.74, 6) is 1.29. The zero-order valence-electron chi connectivity index (χ0n) is 11.9. The van der Waals surface area contributed by atoms with Crippen LogP contribution in [0, 0.1) is 0 Å². The SMILES string of the molecule is CCc1ccc([C@H](COC)NC(=O)c2ccc(Cl)nc2)o1. The molecule has 0 spiro atoms. The van der Waals surface area contributed by atoms with Crippen LogP contribution < -0.4 is 5.32 Å². The van der Waals surface area contributed by atoms with Crippen molar-refractivity contribution in [2.24, 2.45) is 0 Å². The average molecular weight is 309 g/mol. The number of rotatable bonds is 6. The number of nitrogens with one attached hydrogen (secondary N) is 1. The predicted molar refractivity (Wildman–Crippen MR) is 79.4 cm³/mol. The van der Waals surface area contributed by atoms with Gasteiger partial charge >= 0.3 is 0 Å². The van der Waals surface area contributed by atoms with Gasteiger partial charge in [-0.05, 0) is 24.3 Å². The number of furan rings is 1. The maximum atomic E-state index is 12.2. The van der Waals surface area contributed by atoms with Gasteiger partial charge in [0, 0.05) is 19.7 Å². The Morgan fingerprint density at radius 3 is 2.81 bits per heavy atom. The second-order valence-electron chi connectivity index (χ2n) is 4.51. The monoisotopic (exact) mass is 308 g/mol. The van der Waals surface area contributed by atoms with Gasteiger partial charge in [0.25, 0.3) is 5.91 Å². The molecule has 5 nitrogen and oxygen atoms in total. The quantitative estimate of drug-likeness (QED) is 0.833. The van der Waals surface area contributed by atoms with Gasteiger partial charge in [0.1, 0.15) is 22.7 Å². The lowest BCUT2D eigenvalue weighted by Gasteiger charge is -2.15. The van der Waals surface area contributed by atoms with E-state index in [1.54, 1.807) is 19.2 Å². The number of ether oxygens (including phenoxy) is 1. The molecule has 2 rings (SSSR count). The molecule has 2 aromatic rings. The molecule has 21 heavy (non-hydrogen) atoms. The standard InChI is InChI=1S/C15H17ClN2O3/c1-3-11-5-6-13(21-11)12(9-20-2)18-15(19)10-4-7-14(16)17-8-10/h4-8,12H,3,9H2,1-2H3,(H,18,19)/t12-/m0/s1. The van der Waals surface area contributed by atoms with E-state index in [1.165, 1.54) is 6.20 Å². The lowest BCUT2D eigenvalue weighted by molar-refractivity contribution is 0.0882. The first-order valence-corrected chi connectivity index (χ1v) is 7.01. The molecule has 0 fully saturated rings. The molecule has 112 valence electrons. The molecule has 0 unspecified atom stereocenters. The number of aromatic nitrogens is 1. The molecule has 0 bridgehead atoms. The molecule has 1 atom stereocenters. The molecule has 0 aromatic carbocycles. The molecule has 2 aromatic heterocycles. The van der Waals surface area contributed by atoms with Crippen LogP contribution in [0.4, 0.5) is 0 Å². The summed E-state index contributed by atoms with van der Waals surface area (Å²) in [7, 11) is 1.58. The number of hydrogen-bond donors (Lipinski definition) is 1. The van der Waals surface area contributed by atoms with E-state index in [-0.39, 0.29) is 11.9 Å². The van der Waals surface area contributed by atoms with Crippen LogP contribution in [0.1, 0.15) is 34.8 Å². The Morgan fingerprint density at radius 1 is 1.43 bits per heavy atom. The molecule has 0 aliphatic rings. The van der Waals surface area contributed by atoms with Crippen molar-refractivity contribution in [1.82, 2.24) is 10.3 Å². The number of carbonyl (C=O) groups is 1. The summed E-state index contributed by atoms with van der Waals surface area (Å²) in [5.41, 5.74) is 0.433. The number of nitrogens with zero attached hydrogens (tertiary/aromatic N) is 1. The van der Waals surface area contributed by atoms with Gasteiger partial charge in [-0.2, -0.15) is 0 Å². The third kappa shape index (κ3) is 4.06. The fourth-order valence-corrected chi connectivity index (χ4v) is 2.00. The van der Waals surface area contributed by atoms with Gasteiger partial charge < -0.3 is 14.5 Å². The van der Waals surface area contributed by atoms with Crippen molar-refractivity contribution in [2.75, 3.05) is 13.7 Å². The molecule has 0 aliphatic heterocycles. The largest absolute Gasteiger partial charge is 0.464 e. The summed E-state index contributed by atoms with van der Waals surface area (Å²) in [6, 6.07) is 6.59. The molecule has 1 amide bonds. The first-order chi connectivity index (χ1) is 10.1. The maximum Gasteiger partial charge on any atom is 0.253 e. The normalized spacial score (nSPS) is 12.1. The summed E-state index contributed by atoms with van der Waals surface area (Å²) in [6.07, 6.45) is 2.23. The van der Waals surface area contributed by atoms with E-state index in [0.717, 1.165) is 12.2 Å². The predicted octanol–water partition coefficient (Wildman–Crippen LogP) is 3.01. The summed E-state index contributed by atoms with van der Waals surface area (Å²) in [4.78, 5) is 16.1.